The van der Waals surface area contributed by atoms with E-state index in [0.717, 1.165) is 0 Å². The van der Waals surface area contributed by atoms with Gasteiger partial charge in [-0.2, -0.15) is 0 Å². The molecule has 0 aliphatic carbocycles. The summed E-state index contributed by atoms with van der Waals surface area (Å²) in [4.78, 5) is 15.6. The van der Waals surface area contributed by atoms with E-state index >= 15 is 0 Å². The number of carbonyl (C=O) groups excluding carboxylic acids is 1. The van der Waals surface area contributed by atoms with Crippen LogP contribution in [0, 0.1) is 0 Å². The molecular formula is C10H6Cl2N2O. The van der Waals surface area contributed by atoms with Crippen molar-refractivity contribution in [2.45, 2.75) is 0 Å². The molecule has 15 heavy (non-hydrogen) atoms. The molecule has 0 saturated heterocycles. The minimum atomic E-state index is -0.250. The van der Waals surface area contributed by atoms with Crippen molar-refractivity contribution in [3.05, 3.63) is 52.5 Å². The van der Waals surface area contributed by atoms with Gasteiger partial charge in [-0.3, -0.25) is 9.36 Å². The lowest BCUT2D eigenvalue weighted by atomic mass is 10.2. The summed E-state index contributed by atoms with van der Waals surface area (Å²) < 4.78 is 1.34. The highest BCUT2D eigenvalue weighted by molar-refractivity contribution is 6.35. The first-order valence-corrected chi connectivity index (χ1v) is 4.92. The van der Waals surface area contributed by atoms with Crippen molar-refractivity contribution in [3.63, 3.8) is 0 Å². The summed E-state index contributed by atoms with van der Waals surface area (Å²) in [5.41, 5.74) is 0.363. The van der Waals surface area contributed by atoms with E-state index in [4.69, 9.17) is 23.2 Å². The fourth-order valence-corrected chi connectivity index (χ4v) is 1.55. The van der Waals surface area contributed by atoms with Gasteiger partial charge in [0.2, 0.25) is 0 Å². The van der Waals surface area contributed by atoms with E-state index in [0.29, 0.717) is 15.6 Å². The highest BCUT2D eigenvalue weighted by Crippen LogP contribution is 2.21. The fraction of sp³-hybridized carbons (Fsp3) is 0. The van der Waals surface area contributed by atoms with Crippen molar-refractivity contribution in [2.75, 3.05) is 0 Å². The number of imidazole rings is 1. The molecule has 0 radical (unpaired) electrons. The molecule has 0 saturated carbocycles. The topological polar surface area (TPSA) is 34.9 Å². The van der Waals surface area contributed by atoms with Crippen LogP contribution >= 0.6 is 23.2 Å². The predicted molar refractivity (Wildman–Crippen MR) is 58.4 cm³/mol. The molecule has 5 heteroatoms. The molecule has 0 spiro atoms. The van der Waals surface area contributed by atoms with E-state index in [9.17, 15) is 4.79 Å². The molecule has 1 aromatic heterocycles. The minimum Gasteiger partial charge on any atom is -0.272 e. The van der Waals surface area contributed by atoms with Gasteiger partial charge < -0.3 is 0 Å². The largest absolute Gasteiger partial charge is 0.272 e. The molecule has 1 heterocycles. The summed E-state index contributed by atoms with van der Waals surface area (Å²) >= 11 is 11.7. The van der Waals surface area contributed by atoms with Crippen molar-refractivity contribution in [1.29, 1.82) is 0 Å². The van der Waals surface area contributed by atoms with Gasteiger partial charge >= 0.3 is 0 Å². The summed E-state index contributed by atoms with van der Waals surface area (Å²) in [5.74, 6) is -0.250. The molecule has 0 aliphatic heterocycles. The number of aromatic nitrogens is 2. The van der Waals surface area contributed by atoms with E-state index in [1.54, 1.807) is 18.3 Å². The lowest BCUT2D eigenvalue weighted by Gasteiger charge is -2.03. The summed E-state index contributed by atoms with van der Waals surface area (Å²) in [6, 6.07) is 4.76. The van der Waals surface area contributed by atoms with Gasteiger partial charge in [0.15, 0.2) is 0 Å². The summed E-state index contributed by atoms with van der Waals surface area (Å²) in [5, 5.41) is 0.848. The quantitative estimate of drug-likeness (QED) is 0.769. The van der Waals surface area contributed by atoms with Crippen LogP contribution in [0.5, 0.6) is 0 Å². The van der Waals surface area contributed by atoms with Crippen LogP contribution in [0.15, 0.2) is 36.9 Å². The molecule has 1 aromatic carbocycles. The Balaban J connectivity index is 2.46. The number of carbonyl (C=O) groups is 1. The Hall–Kier alpha value is -1.32. The van der Waals surface area contributed by atoms with E-state index in [1.165, 1.54) is 23.2 Å². The zero-order chi connectivity index (χ0) is 10.8. The second-order valence-electron chi connectivity index (χ2n) is 2.90. The highest BCUT2D eigenvalue weighted by Gasteiger charge is 2.12. The average Bonchev–Trinajstić information content (AvgIpc) is 2.74. The number of halogens is 2. The number of benzene rings is 1. The van der Waals surface area contributed by atoms with Gasteiger partial charge in [-0.05, 0) is 18.2 Å². The van der Waals surface area contributed by atoms with Crippen LogP contribution in [-0.4, -0.2) is 15.5 Å². The zero-order valence-electron chi connectivity index (χ0n) is 7.52. The van der Waals surface area contributed by atoms with Gasteiger partial charge in [0.25, 0.3) is 5.91 Å². The molecule has 0 unspecified atom stereocenters. The molecule has 0 fully saturated rings. The monoisotopic (exact) mass is 240 g/mol. The van der Waals surface area contributed by atoms with Crippen molar-refractivity contribution >= 4 is 29.1 Å². The predicted octanol–water partition coefficient (Wildman–Crippen LogP) is 2.88. The van der Waals surface area contributed by atoms with Gasteiger partial charge in [-0.25, -0.2) is 4.98 Å². The van der Waals surface area contributed by atoms with Crippen LogP contribution in [0.4, 0.5) is 0 Å². The second kappa shape index (κ2) is 4.04. The maximum Gasteiger partial charge on any atom is 0.264 e. The summed E-state index contributed by atoms with van der Waals surface area (Å²) in [6.07, 6.45) is 4.50. The minimum absolute atomic E-state index is 0.250. The Labute approximate surface area is 96.3 Å². The van der Waals surface area contributed by atoms with Gasteiger partial charge in [-0.1, -0.05) is 23.2 Å². The molecule has 0 amide bonds. The van der Waals surface area contributed by atoms with Crippen LogP contribution in [-0.2, 0) is 0 Å². The normalized spacial score (nSPS) is 10.3. The van der Waals surface area contributed by atoms with E-state index in [1.807, 2.05) is 0 Å². The average molecular weight is 241 g/mol. The van der Waals surface area contributed by atoms with Crippen LogP contribution in [0.2, 0.25) is 10.0 Å². The standard InChI is InChI=1S/C10H6Cl2N2O/c11-7-1-2-9(12)8(5-7)10(15)14-4-3-13-6-14/h1-6H. The van der Waals surface area contributed by atoms with Crippen LogP contribution in [0.1, 0.15) is 10.4 Å². The Bertz CT molecular complexity index is 494. The Morgan fingerprint density at radius 2 is 2.13 bits per heavy atom. The molecule has 0 bridgehead atoms. The summed E-state index contributed by atoms with van der Waals surface area (Å²) in [6.45, 7) is 0. The van der Waals surface area contributed by atoms with E-state index in [-0.39, 0.29) is 5.91 Å². The third-order valence-corrected chi connectivity index (χ3v) is 2.46. The summed E-state index contributed by atoms with van der Waals surface area (Å²) in [7, 11) is 0. The number of nitrogens with zero attached hydrogens (tertiary/aromatic N) is 2. The fourth-order valence-electron chi connectivity index (χ4n) is 1.18. The van der Waals surface area contributed by atoms with Gasteiger partial charge in [-0.15, -0.1) is 0 Å². The van der Waals surface area contributed by atoms with Crippen LogP contribution in [0.3, 0.4) is 0 Å². The Morgan fingerprint density at radius 3 is 2.80 bits per heavy atom. The van der Waals surface area contributed by atoms with Crippen molar-refractivity contribution in [3.8, 4) is 0 Å². The molecule has 76 valence electrons. The van der Waals surface area contributed by atoms with E-state index in [2.05, 4.69) is 4.98 Å². The molecule has 0 N–H and O–H groups in total. The molecule has 3 nitrogen and oxygen atoms in total. The SMILES string of the molecule is O=C(c1cc(Cl)ccc1Cl)n1ccnc1. The first kappa shape index (κ1) is 10.2. The molecule has 0 aliphatic rings. The van der Waals surface area contributed by atoms with Crippen LogP contribution < -0.4 is 0 Å². The second-order valence-corrected chi connectivity index (χ2v) is 3.74. The van der Waals surface area contributed by atoms with Crippen molar-refractivity contribution < 1.29 is 4.79 Å². The maximum absolute atomic E-state index is 11.9. The molecule has 2 rings (SSSR count). The third kappa shape index (κ3) is 2.03. The number of rotatable bonds is 1. The van der Waals surface area contributed by atoms with Gasteiger partial charge in [0.05, 0.1) is 10.6 Å². The first-order chi connectivity index (χ1) is 7.18. The number of hydrogen-bond acceptors (Lipinski definition) is 2. The molecular weight excluding hydrogens is 235 g/mol. The first-order valence-electron chi connectivity index (χ1n) is 4.16. The lowest BCUT2D eigenvalue weighted by Crippen LogP contribution is -2.10. The Morgan fingerprint density at radius 1 is 1.33 bits per heavy atom. The zero-order valence-corrected chi connectivity index (χ0v) is 9.03. The van der Waals surface area contributed by atoms with Gasteiger partial charge in [0.1, 0.15) is 6.33 Å². The molecule has 0 atom stereocenters. The Kier molecular flexibility index (Phi) is 2.75. The highest BCUT2D eigenvalue weighted by atomic mass is 35.5. The lowest BCUT2D eigenvalue weighted by molar-refractivity contribution is 0.0960. The van der Waals surface area contributed by atoms with Crippen molar-refractivity contribution in [2.24, 2.45) is 0 Å². The van der Waals surface area contributed by atoms with Crippen LogP contribution in [0.25, 0.3) is 0 Å². The van der Waals surface area contributed by atoms with E-state index < -0.39 is 0 Å². The van der Waals surface area contributed by atoms with Gasteiger partial charge in [0, 0.05) is 17.4 Å². The third-order valence-electron chi connectivity index (χ3n) is 1.90. The number of hydrogen-bond donors (Lipinski definition) is 0. The smallest absolute Gasteiger partial charge is 0.264 e. The molecule has 2 aromatic rings. The van der Waals surface area contributed by atoms with Crippen molar-refractivity contribution in [1.82, 2.24) is 9.55 Å². The maximum atomic E-state index is 11.9.